The molecule has 0 aliphatic heterocycles. The van der Waals surface area contributed by atoms with Crippen LogP contribution in [0.5, 0.6) is 0 Å². The highest BCUT2D eigenvalue weighted by atomic mass is 15.1. The van der Waals surface area contributed by atoms with Crippen LogP contribution >= 0.6 is 0 Å². The van der Waals surface area contributed by atoms with Crippen molar-refractivity contribution in [2.24, 2.45) is 0 Å². The second kappa shape index (κ2) is 4.52. The molecule has 0 fully saturated rings. The predicted octanol–water partition coefficient (Wildman–Crippen LogP) is 2.61. The quantitative estimate of drug-likeness (QED) is 0.588. The fraction of sp³-hybridized carbons (Fsp3) is 0.0667. The van der Waals surface area contributed by atoms with Crippen molar-refractivity contribution in [2.45, 2.75) is 0 Å². The molecule has 0 saturated heterocycles. The molecule has 0 unspecified atom stereocenters. The predicted molar refractivity (Wildman–Crippen MR) is 82.0 cm³/mol. The molecule has 0 spiro atoms. The van der Waals surface area contributed by atoms with Gasteiger partial charge in [-0.15, -0.1) is 0 Å². The molecular formula is C15H12N6. The second-order valence-electron chi connectivity index (χ2n) is 4.65. The highest BCUT2D eigenvalue weighted by Gasteiger charge is 2.09. The molecule has 0 saturated carbocycles. The first kappa shape index (κ1) is 11.8. The van der Waals surface area contributed by atoms with Gasteiger partial charge in [0.15, 0.2) is 11.5 Å². The van der Waals surface area contributed by atoms with Crippen molar-refractivity contribution in [1.29, 1.82) is 0 Å². The van der Waals surface area contributed by atoms with E-state index in [0.29, 0.717) is 17.2 Å². The van der Waals surface area contributed by atoms with Gasteiger partial charge in [0.25, 0.3) is 0 Å². The van der Waals surface area contributed by atoms with Crippen LogP contribution in [0.3, 0.4) is 0 Å². The summed E-state index contributed by atoms with van der Waals surface area (Å²) in [6.45, 7) is 0. The molecule has 2 N–H and O–H groups in total. The Morgan fingerprint density at radius 2 is 1.81 bits per heavy atom. The number of para-hydroxylation sites is 2. The Balaban J connectivity index is 1.87. The number of nitrogens with zero attached hydrogens (tertiary/aromatic N) is 4. The summed E-state index contributed by atoms with van der Waals surface area (Å²) in [5.74, 6) is 1.45. The van der Waals surface area contributed by atoms with Crippen LogP contribution in [0.25, 0.3) is 33.7 Å². The molecular weight excluding hydrogens is 264 g/mol. The molecule has 3 heterocycles. The summed E-state index contributed by atoms with van der Waals surface area (Å²) in [4.78, 5) is 21.1. The molecule has 0 amide bonds. The topological polar surface area (TPSA) is 79.4 Å². The van der Waals surface area contributed by atoms with Crippen LogP contribution in [0.15, 0.2) is 42.6 Å². The maximum atomic E-state index is 4.58. The minimum atomic E-state index is 0.659. The largest absolute Gasteiger partial charge is 0.373 e. The lowest BCUT2D eigenvalue weighted by molar-refractivity contribution is 1.22. The number of H-pyrrole nitrogens is 1. The van der Waals surface area contributed by atoms with Gasteiger partial charge in [-0.05, 0) is 24.3 Å². The zero-order chi connectivity index (χ0) is 14.2. The van der Waals surface area contributed by atoms with E-state index in [1.807, 2.05) is 43.4 Å². The Hall–Kier alpha value is -3.02. The van der Waals surface area contributed by atoms with Crippen LogP contribution in [-0.4, -0.2) is 32.0 Å². The SMILES string of the molecule is CNc1ccc2[nH]c(-c3cnc4ccccc4n3)nc2n1. The summed E-state index contributed by atoms with van der Waals surface area (Å²) in [5.41, 5.74) is 3.95. The van der Waals surface area contributed by atoms with Crippen LogP contribution in [-0.2, 0) is 0 Å². The molecule has 6 heteroatoms. The lowest BCUT2D eigenvalue weighted by Crippen LogP contribution is -1.91. The monoisotopic (exact) mass is 276 g/mol. The number of benzene rings is 1. The van der Waals surface area contributed by atoms with Crippen LogP contribution < -0.4 is 5.32 Å². The first-order chi connectivity index (χ1) is 10.3. The number of pyridine rings is 1. The second-order valence-corrected chi connectivity index (χ2v) is 4.65. The first-order valence-electron chi connectivity index (χ1n) is 6.60. The van der Waals surface area contributed by atoms with E-state index in [-0.39, 0.29) is 0 Å². The summed E-state index contributed by atoms with van der Waals surface area (Å²) in [7, 11) is 1.83. The average molecular weight is 276 g/mol. The van der Waals surface area contributed by atoms with E-state index in [9.17, 15) is 0 Å². The van der Waals surface area contributed by atoms with E-state index >= 15 is 0 Å². The van der Waals surface area contributed by atoms with E-state index in [1.165, 1.54) is 0 Å². The molecule has 1 aromatic carbocycles. The zero-order valence-corrected chi connectivity index (χ0v) is 11.3. The summed E-state index contributed by atoms with van der Waals surface area (Å²) < 4.78 is 0. The molecule has 21 heavy (non-hydrogen) atoms. The van der Waals surface area contributed by atoms with Crippen molar-refractivity contribution in [2.75, 3.05) is 12.4 Å². The Labute approximate surface area is 120 Å². The van der Waals surface area contributed by atoms with Crippen LogP contribution in [0.2, 0.25) is 0 Å². The molecule has 0 atom stereocenters. The minimum absolute atomic E-state index is 0.659. The van der Waals surface area contributed by atoms with Crippen LogP contribution in [0.1, 0.15) is 0 Å². The maximum absolute atomic E-state index is 4.58. The normalized spacial score (nSPS) is 11.1. The number of hydrogen-bond acceptors (Lipinski definition) is 5. The fourth-order valence-corrected chi connectivity index (χ4v) is 2.22. The van der Waals surface area contributed by atoms with Crippen molar-refractivity contribution in [3.63, 3.8) is 0 Å². The Bertz CT molecular complexity index is 943. The van der Waals surface area contributed by atoms with Crippen molar-refractivity contribution in [3.8, 4) is 11.5 Å². The number of anilines is 1. The summed E-state index contributed by atoms with van der Waals surface area (Å²) in [6.07, 6.45) is 1.72. The van der Waals surface area contributed by atoms with Crippen molar-refractivity contribution < 1.29 is 0 Å². The molecule has 0 aliphatic carbocycles. The van der Waals surface area contributed by atoms with E-state index in [2.05, 4.69) is 30.2 Å². The molecule has 0 radical (unpaired) electrons. The maximum Gasteiger partial charge on any atom is 0.180 e. The molecule has 6 nitrogen and oxygen atoms in total. The average Bonchev–Trinajstić information content (AvgIpc) is 2.97. The molecule has 0 aliphatic rings. The Kier molecular flexibility index (Phi) is 2.53. The van der Waals surface area contributed by atoms with Gasteiger partial charge in [0.05, 0.1) is 22.7 Å². The van der Waals surface area contributed by atoms with E-state index < -0.39 is 0 Å². The molecule has 3 aromatic heterocycles. The van der Waals surface area contributed by atoms with Crippen LogP contribution in [0, 0.1) is 0 Å². The zero-order valence-electron chi connectivity index (χ0n) is 11.3. The third kappa shape index (κ3) is 1.97. The van der Waals surface area contributed by atoms with E-state index in [4.69, 9.17) is 0 Å². The van der Waals surface area contributed by atoms with Crippen molar-refractivity contribution in [1.82, 2.24) is 24.9 Å². The number of fused-ring (bicyclic) bond motifs is 2. The Morgan fingerprint density at radius 1 is 0.952 bits per heavy atom. The molecule has 4 aromatic rings. The van der Waals surface area contributed by atoms with Gasteiger partial charge in [0.1, 0.15) is 11.5 Å². The van der Waals surface area contributed by atoms with Gasteiger partial charge in [-0.1, -0.05) is 12.1 Å². The molecule has 0 bridgehead atoms. The fourth-order valence-electron chi connectivity index (χ4n) is 2.22. The van der Waals surface area contributed by atoms with Gasteiger partial charge in [0.2, 0.25) is 0 Å². The van der Waals surface area contributed by atoms with E-state index in [1.54, 1.807) is 6.20 Å². The first-order valence-corrected chi connectivity index (χ1v) is 6.60. The number of nitrogens with one attached hydrogen (secondary N) is 2. The van der Waals surface area contributed by atoms with Gasteiger partial charge in [-0.2, -0.15) is 0 Å². The van der Waals surface area contributed by atoms with Gasteiger partial charge in [0, 0.05) is 7.05 Å². The highest BCUT2D eigenvalue weighted by Crippen LogP contribution is 2.20. The Morgan fingerprint density at radius 3 is 2.67 bits per heavy atom. The summed E-state index contributed by atoms with van der Waals surface area (Å²) >= 11 is 0. The lowest BCUT2D eigenvalue weighted by atomic mass is 10.3. The third-order valence-electron chi connectivity index (χ3n) is 3.29. The van der Waals surface area contributed by atoms with Crippen molar-refractivity contribution >= 4 is 28.0 Å². The number of aromatic nitrogens is 5. The van der Waals surface area contributed by atoms with Gasteiger partial charge in [-0.25, -0.2) is 15.0 Å². The number of imidazole rings is 1. The standard InChI is InChI=1S/C15H12N6/c1-16-13-7-6-11-14(20-13)21-15(19-11)12-8-17-9-4-2-3-5-10(9)18-12/h2-8H,1H3,(H2,16,19,20,21). The van der Waals surface area contributed by atoms with Gasteiger partial charge in [-0.3, -0.25) is 4.98 Å². The smallest absolute Gasteiger partial charge is 0.180 e. The lowest BCUT2D eigenvalue weighted by Gasteiger charge is -1.98. The van der Waals surface area contributed by atoms with Gasteiger partial charge >= 0.3 is 0 Å². The molecule has 4 rings (SSSR count). The number of hydrogen-bond donors (Lipinski definition) is 2. The summed E-state index contributed by atoms with van der Waals surface area (Å²) in [6, 6.07) is 11.6. The van der Waals surface area contributed by atoms with E-state index in [0.717, 1.165) is 22.4 Å². The highest BCUT2D eigenvalue weighted by molar-refractivity contribution is 5.79. The minimum Gasteiger partial charge on any atom is -0.373 e. The summed E-state index contributed by atoms with van der Waals surface area (Å²) in [5, 5.41) is 3.00. The molecule has 102 valence electrons. The third-order valence-corrected chi connectivity index (χ3v) is 3.29. The number of aromatic amines is 1. The van der Waals surface area contributed by atoms with Gasteiger partial charge < -0.3 is 10.3 Å². The van der Waals surface area contributed by atoms with Crippen molar-refractivity contribution in [3.05, 3.63) is 42.6 Å². The number of rotatable bonds is 2. The van der Waals surface area contributed by atoms with Crippen LogP contribution in [0.4, 0.5) is 5.82 Å².